The van der Waals surface area contributed by atoms with Crippen molar-refractivity contribution in [2.24, 2.45) is 0 Å². The second-order valence-corrected chi connectivity index (χ2v) is 19.1. The summed E-state index contributed by atoms with van der Waals surface area (Å²) in [6, 6.07) is 94.0. The van der Waals surface area contributed by atoms with Gasteiger partial charge in [-0.15, -0.1) is 0 Å². The van der Waals surface area contributed by atoms with E-state index in [1.165, 1.54) is 59.8 Å². The molecule has 2 aromatic heterocycles. The Bertz CT molecular complexity index is 4390. The topological polar surface area (TPSA) is 29.5 Å². The first kappa shape index (κ1) is 41.1. The second kappa shape index (κ2) is 16.4. The van der Waals surface area contributed by atoms with Crippen LogP contribution in [0.4, 0.5) is 17.1 Å². The van der Waals surface area contributed by atoms with E-state index >= 15 is 0 Å². The molecule has 0 radical (unpaired) electrons. The second-order valence-electron chi connectivity index (χ2n) is 19.1. The maximum absolute atomic E-state index is 6.86. The zero-order valence-electron chi connectivity index (χ0n) is 39.6. The van der Waals surface area contributed by atoms with Crippen LogP contribution in [-0.2, 0) is 0 Å². The van der Waals surface area contributed by atoms with Gasteiger partial charge in [-0.2, -0.15) is 0 Å². The van der Waals surface area contributed by atoms with Gasteiger partial charge in [-0.25, -0.2) is 0 Å². The van der Waals surface area contributed by atoms with Crippen LogP contribution in [0.3, 0.4) is 0 Å². The van der Waals surface area contributed by atoms with Crippen LogP contribution in [0.2, 0.25) is 0 Å². The number of anilines is 3. The van der Waals surface area contributed by atoms with Gasteiger partial charge in [0.05, 0.1) is 0 Å². The first-order valence-corrected chi connectivity index (χ1v) is 25.0. The minimum absolute atomic E-state index is 0.895. The third kappa shape index (κ3) is 6.67. The maximum atomic E-state index is 6.86. The van der Waals surface area contributed by atoms with Gasteiger partial charge in [0.2, 0.25) is 0 Å². The number of fused-ring (bicyclic) bond motifs is 14. The van der Waals surface area contributed by atoms with Gasteiger partial charge in [-0.05, 0) is 137 Å². The van der Waals surface area contributed by atoms with Gasteiger partial charge in [0.25, 0.3) is 0 Å². The SMILES string of the molecule is c1ccc(-c2ccc(-c3ccc(N(c4ccc(-c5cc6ccccc6c6c5oc5ccc7ccccc7c56)cc4)c4ccc(-c5cc6ccccc6c6c5oc5ccc7ccccc7c56)cc4)cc3)cc2)cc1. The van der Waals surface area contributed by atoms with Crippen LogP contribution in [0, 0.1) is 0 Å². The molecule has 0 aliphatic rings. The van der Waals surface area contributed by atoms with E-state index in [-0.39, 0.29) is 0 Å². The molecular weight excluding hydrogens is 887 g/mol. The first-order chi connectivity index (χ1) is 36.2. The molecular formula is C70H43NO2. The fourth-order valence-electron chi connectivity index (χ4n) is 11.5. The monoisotopic (exact) mass is 929 g/mol. The number of nitrogens with zero attached hydrogens (tertiary/aromatic N) is 1. The van der Waals surface area contributed by atoms with Crippen molar-refractivity contribution in [3.05, 3.63) is 261 Å². The Morgan fingerprint density at radius 3 is 0.959 bits per heavy atom. The van der Waals surface area contributed by atoms with Crippen LogP contribution >= 0.6 is 0 Å². The molecule has 3 heteroatoms. The summed E-state index contributed by atoms with van der Waals surface area (Å²) < 4.78 is 13.7. The molecule has 0 aliphatic carbocycles. The van der Waals surface area contributed by atoms with Crippen molar-refractivity contribution < 1.29 is 8.83 Å². The zero-order valence-corrected chi connectivity index (χ0v) is 39.6. The predicted molar refractivity (Wildman–Crippen MR) is 307 cm³/mol. The Morgan fingerprint density at radius 2 is 0.548 bits per heavy atom. The Labute approximate surface area is 421 Å². The number of benzene rings is 13. The maximum Gasteiger partial charge on any atom is 0.143 e. The van der Waals surface area contributed by atoms with Gasteiger partial charge < -0.3 is 13.7 Å². The molecule has 0 saturated carbocycles. The van der Waals surface area contributed by atoms with E-state index in [1.807, 2.05) is 0 Å². The standard InChI is InChI=1S/C70H43NO2/c1-2-12-44(13-3-1)45-22-24-46(25-23-45)47-26-34-54(35-27-47)71(55-36-28-50(29-37-55)61-42-52-16-6-10-20-59(52)67-65-57-18-8-4-14-48(57)32-40-63(65)72-69(61)67)56-38-30-51(31-39-56)62-43-53-17-7-11-21-60(53)68-66-58-19-9-5-15-49(58)33-41-64(66)73-70(62)68/h1-43H. The Morgan fingerprint density at radius 1 is 0.233 bits per heavy atom. The number of furan rings is 2. The minimum Gasteiger partial charge on any atom is -0.455 e. The van der Waals surface area contributed by atoms with E-state index in [4.69, 9.17) is 8.83 Å². The summed E-state index contributed by atoms with van der Waals surface area (Å²) in [4.78, 5) is 2.35. The van der Waals surface area contributed by atoms with E-state index in [9.17, 15) is 0 Å². The molecule has 0 saturated heterocycles. The Kier molecular flexibility index (Phi) is 9.26. The highest BCUT2D eigenvalue weighted by Crippen LogP contribution is 2.47. The van der Waals surface area contributed by atoms with Crippen molar-refractivity contribution in [3.63, 3.8) is 0 Å². The molecule has 2 heterocycles. The molecule has 0 aliphatic heterocycles. The zero-order chi connectivity index (χ0) is 48.0. The summed E-state index contributed by atoms with van der Waals surface area (Å²) in [6.07, 6.45) is 0. The van der Waals surface area contributed by atoms with Crippen molar-refractivity contribution >= 4 is 104 Å². The van der Waals surface area contributed by atoms with Gasteiger partial charge in [0, 0.05) is 49.7 Å². The molecule has 73 heavy (non-hydrogen) atoms. The summed E-state index contributed by atoms with van der Waals surface area (Å²) >= 11 is 0. The highest BCUT2D eigenvalue weighted by molar-refractivity contribution is 6.30. The summed E-state index contributed by atoms with van der Waals surface area (Å²) in [7, 11) is 0. The smallest absolute Gasteiger partial charge is 0.143 e. The first-order valence-electron chi connectivity index (χ1n) is 25.0. The minimum atomic E-state index is 0.895. The molecule has 0 N–H and O–H groups in total. The highest BCUT2D eigenvalue weighted by Gasteiger charge is 2.22. The molecule has 0 spiro atoms. The number of rotatable bonds is 7. The largest absolute Gasteiger partial charge is 0.455 e. The van der Waals surface area contributed by atoms with E-state index in [2.05, 4.69) is 266 Å². The molecule has 0 amide bonds. The van der Waals surface area contributed by atoms with E-state index in [1.54, 1.807) is 0 Å². The van der Waals surface area contributed by atoms with Crippen molar-refractivity contribution in [1.82, 2.24) is 0 Å². The Hall–Kier alpha value is -9.70. The van der Waals surface area contributed by atoms with Gasteiger partial charge in [0.1, 0.15) is 22.3 Å². The lowest BCUT2D eigenvalue weighted by Gasteiger charge is -2.26. The molecule has 3 nitrogen and oxygen atoms in total. The lowest BCUT2D eigenvalue weighted by molar-refractivity contribution is 0.670. The molecule has 15 aromatic rings. The molecule has 15 rings (SSSR count). The van der Waals surface area contributed by atoms with Gasteiger partial charge in [-0.3, -0.25) is 0 Å². The highest BCUT2D eigenvalue weighted by atomic mass is 16.3. The summed E-state index contributed by atoms with van der Waals surface area (Å²) in [5.74, 6) is 0. The third-order valence-electron chi connectivity index (χ3n) is 15.0. The van der Waals surface area contributed by atoms with Crippen LogP contribution in [0.1, 0.15) is 0 Å². The van der Waals surface area contributed by atoms with Crippen molar-refractivity contribution in [3.8, 4) is 44.5 Å². The van der Waals surface area contributed by atoms with Crippen LogP contribution in [0.15, 0.2) is 270 Å². The Balaban J connectivity index is 0.859. The van der Waals surface area contributed by atoms with Gasteiger partial charge in [0.15, 0.2) is 0 Å². The number of hydrogen-bond donors (Lipinski definition) is 0. The average molecular weight is 930 g/mol. The van der Waals surface area contributed by atoms with E-state index in [0.29, 0.717) is 0 Å². The number of hydrogen-bond acceptors (Lipinski definition) is 3. The lowest BCUT2D eigenvalue weighted by atomic mass is 9.94. The van der Waals surface area contributed by atoms with Crippen LogP contribution < -0.4 is 4.90 Å². The molecule has 0 bridgehead atoms. The molecule has 0 fully saturated rings. The van der Waals surface area contributed by atoms with Gasteiger partial charge in [-0.1, -0.05) is 200 Å². The molecule has 340 valence electrons. The lowest BCUT2D eigenvalue weighted by Crippen LogP contribution is -2.09. The average Bonchev–Trinajstić information content (AvgIpc) is 4.07. The molecule has 0 unspecified atom stereocenters. The summed E-state index contributed by atoms with van der Waals surface area (Å²) in [6.45, 7) is 0. The fraction of sp³-hybridized carbons (Fsp3) is 0. The van der Waals surface area contributed by atoms with Crippen LogP contribution in [0.25, 0.3) is 131 Å². The van der Waals surface area contributed by atoms with Crippen molar-refractivity contribution in [2.75, 3.05) is 4.90 Å². The molecule has 13 aromatic carbocycles. The van der Waals surface area contributed by atoms with Crippen LogP contribution in [-0.4, -0.2) is 0 Å². The fourth-order valence-corrected chi connectivity index (χ4v) is 11.5. The van der Waals surface area contributed by atoms with E-state index in [0.717, 1.165) is 88.8 Å². The predicted octanol–water partition coefficient (Wildman–Crippen LogP) is 20.2. The molecule has 0 atom stereocenters. The summed E-state index contributed by atoms with van der Waals surface area (Å²) in [5, 5.41) is 14.2. The normalized spacial score (nSPS) is 11.8. The van der Waals surface area contributed by atoms with E-state index < -0.39 is 0 Å². The van der Waals surface area contributed by atoms with Crippen molar-refractivity contribution in [1.29, 1.82) is 0 Å². The third-order valence-corrected chi connectivity index (χ3v) is 15.0. The quantitative estimate of drug-likeness (QED) is 0.159. The van der Waals surface area contributed by atoms with Gasteiger partial charge >= 0.3 is 0 Å². The van der Waals surface area contributed by atoms with Crippen LogP contribution in [0.5, 0.6) is 0 Å². The van der Waals surface area contributed by atoms with Crippen molar-refractivity contribution in [2.45, 2.75) is 0 Å². The summed E-state index contributed by atoms with van der Waals surface area (Å²) in [5.41, 5.74) is 15.8.